The van der Waals surface area contributed by atoms with Crippen LogP contribution in [-0.4, -0.2) is 34.0 Å². The number of para-hydroxylation sites is 1. The van der Waals surface area contributed by atoms with Crippen LogP contribution in [0.1, 0.15) is 26.7 Å². The third-order valence-electron chi connectivity index (χ3n) is 4.11. The Morgan fingerprint density at radius 1 is 1.11 bits per heavy atom. The summed E-state index contributed by atoms with van der Waals surface area (Å²) in [6.45, 7) is 5.00. The second kappa shape index (κ2) is 10.5. The lowest BCUT2D eigenvalue weighted by atomic mass is 10.3. The van der Waals surface area contributed by atoms with Crippen molar-refractivity contribution in [3.8, 4) is 0 Å². The van der Waals surface area contributed by atoms with E-state index in [1.807, 2.05) is 6.07 Å². The first-order valence-corrected chi connectivity index (χ1v) is 11.1. The Labute approximate surface area is 171 Å². The summed E-state index contributed by atoms with van der Waals surface area (Å²) in [7, 11) is -3.88. The molecule has 2 aromatic rings. The van der Waals surface area contributed by atoms with Gasteiger partial charge in [-0.1, -0.05) is 43.1 Å². The summed E-state index contributed by atoms with van der Waals surface area (Å²) in [6, 6.07) is 13.3. The molecule has 0 heterocycles. The normalized spacial score (nSPS) is 11.2. The van der Waals surface area contributed by atoms with Crippen molar-refractivity contribution in [3.05, 3.63) is 53.6 Å². The van der Waals surface area contributed by atoms with Gasteiger partial charge in [0, 0.05) is 12.2 Å². The molecule has 0 bridgehead atoms. The zero-order chi connectivity index (χ0) is 20.6. The quantitative estimate of drug-likeness (QED) is 0.568. The first-order valence-electron chi connectivity index (χ1n) is 9.28. The minimum absolute atomic E-state index is 0.0448. The molecule has 0 aliphatic heterocycles. The molecule has 0 aromatic heterocycles. The number of hydrogen-bond donors (Lipinski definition) is 2. The predicted molar refractivity (Wildman–Crippen MR) is 115 cm³/mol. The number of carbonyl (C=O) groups is 1. The van der Waals surface area contributed by atoms with Gasteiger partial charge in [0.15, 0.2) is 0 Å². The van der Waals surface area contributed by atoms with Gasteiger partial charge in [0.25, 0.3) is 10.0 Å². The lowest BCUT2D eigenvalue weighted by Gasteiger charge is -2.23. The van der Waals surface area contributed by atoms with Crippen LogP contribution < -0.4 is 14.9 Å². The number of amides is 1. The highest BCUT2D eigenvalue weighted by Crippen LogP contribution is 2.30. The Morgan fingerprint density at radius 3 is 2.46 bits per heavy atom. The summed E-state index contributed by atoms with van der Waals surface area (Å²) in [5.74, 6) is -0.239. The maximum Gasteiger partial charge on any atom is 0.265 e. The highest BCUT2D eigenvalue weighted by atomic mass is 35.5. The van der Waals surface area contributed by atoms with E-state index in [4.69, 9.17) is 11.6 Å². The van der Waals surface area contributed by atoms with E-state index in [-0.39, 0.29) is 28.9 Å². The average Bonchev–Trinajstić information content (AvgIpc) is 2.68. The number of hydrogen-bond acceptors (Lipinski definition) is 4. The van der Waals surface area contributed by atoms with Crippen molar-refractivity contribution in [2.75, 3.05) is 29.3 Å². The summed E-state index contributed by atoms with van der Waals surface area (Å²) < 4.78 is 27.6. The lowest BCUT2D eigenvalue weighted by molar-refractivity contribution is -0.115. The summed E-state index contributed by atoms with van der Waals surface area (Å²) in [6.07, 6.45) is 2.03. The summed E-state index contributed by atoms with van der Waals surface area (Å²) in [5, 5.41) is 5.86. The van der Waals surface area contributed by atoms with Gasteiger partial charge in [0.2, 0.25) is 5.91 Å². The molecule has 2 N–H and O–H groups in total. The number of rotatable bonds is 10. The molecule has 0 saturated heterocycles. The van der Waals surface area contributed by atoms with Gasteiger partial charge in [-0.2, -0.15) is 0 Å². The van der Waals surface area contributed by atoms with E-state index in [0.717, 1.165) is 19.4 Å². The number of benzene rings is 2. The number of carbonyl (C=O) groups excluding carboxylic acids is 1. The molecule has 0 spiro atoms. The maximum atomic E-state index is 13.2. The fraction of sp³-hybridized carbons (Fsp3) is 0.350. The fourth-order valence-corrected chi connectivity index (χ4v) is 4.67. The van der Waals surface area contributed by atoms with Crippen molar-refractivity contribution in [2.45, 2.75) is 31.6 Å². The molecule has 0 saturated carbocycles. The molecule has 28 heavy (non-hydrogen) atoms. The van der Waals surface area contributed by atoms with Crippen LogP contribution in [0.2, 0.25) is 5.02 Å². The predicted octanol–water partition coefficient (Wildman–Crippen LogP) is 3.88. The fourth-order valence-electron chi connectivity index (χ4n) is 2.69. The van der Waals surface area contributed by atoms with Gasteiger partial charge in [-0.25, -0.2) is 8.42 Å². The molecule has 6 nitrogen and oxygen atoms in total. The van der Waals surface area contributed by atoms with Gasteiger partial charge >= 0.3 is 0 Å². The molecule has 152 valence electrons. The lowest BCUT2D eigenvalue weighted by Crippen LogP contribution is -2.31. The molecule has 2 aromatic carbocycles. The van der Waals surface area contributed by atoms with E-state index < -0.39 is 10.0 Å². The largest absolute Gasteiger partial charge is 0.325 e. The Kier molecular flexibility index (Phi) is 8.29. The molecule has 0 unspecified atom stereocenters. The molecular weight excluding hydrogens is 398 g/mol. The highest BCUT2D eigenvalue weighted by molar-refractivity contribution is 7.93. The van der Waals surface area contributed by atoms with Crippen molar-refractivity contribution in [1.29, 1.82) is 0 Å². The SMILES string of the molecule is CCCCNCC(=O)Nc1ccc(Cl)c(S(=O)(=O)N(CC)c2ccccc2)c1. The molecule has 2 rings (SSSR count). The van der Waals surface area contributed by atoms with E-state index in [9.17, 15) is 13.2 Å². The average molecular weight is 424 g/mol. The van der Waals surface area contributed by atoms with Crippen LogP contribution in [0.3, 0.4) is 0 Å². The zero-order valence-corrected chi connectivity index (χ0v) is 17.7. The van der Waals surface area contributed by atoms with Crippen LogP contribution in [0.15, 0.2) is 53.4 Å². The number of nitrogens with zero attached hydrogens (tertiary/aromatic N) is 1. The van der Waals surface area contributed by atoms with E-state index in [1.54, 1.807) is 37.3 Å². The first-order chi connectivity index (χ1) is 13.4. The first kappa shape index (κ1) is 22.2. The van der Waals surface area contributed by atoms with Crippen LogP contribution in [0.5, 0.6) is 0 Å². The molecule has 0 atom stereocenters. The van der Waals surface area contributed by atoms with Gasteiger partial charge in [0.05, 0.1) is 17.3 Å². The van der Waals surface area contributed by atoms with E-state index in [0.29, 0.717) is 11.4 Å². The molecule has 1 amide bonds. The summed E-state index contributed by atoms with van der Waals surface area (Å²) in [5.41, 5.74) is 0.935. The number of sulfonamides is 1. The van der Waals surface area contributed by atoms with Crippen LogP contribution in [0.4, 0.5) is 11.4 Å². The zero-order valence-electron chi connectivity index (χ0n) is 16.1. The van der Waals surface area contributed by atoms with Crippen LogP contribution in [0.25, 0.3) is 0 Å². The Morgan fingerprint density at radius 2 is 1.82 bits per heavy atom. The molecule has 0 fully saturated rings. The van der Waals surface area contributed by atoms with Gasteiger partial charge in [-0.3, -0.25) is 9.10 Å². The van der Waals surface area contributed by atoms with Gasteiger partial charge < -0.3 is 10.6 Å². The molecule has 0 aliphatic rings. The van der Waals surface area contributed by atoms with Crippen LogP contribution in [-0.2, 0) is 14.8 Å². The smallest absolute Gasteiger partial charge is 0.265 e. The van der Waals surface area contributed by atoms with E-state index in [1.165, 1.54) is 16.4 Å². The summed E-state index contributed by atoms with van der Waals surface area (Å²) >= 11 is 6.19. The monoisotopic (exact) mass is 423 g/mol. The van der Waals surface area contributed by atoms with Crippen LogP contribution in [0, 0.1) is 0 Å². The van der Waals surface area contributed by atoms with Gasteiger partial charge in [0.1, 0.15) is 4.90 Å². The third kappa shape index (κ3) is 5.70. The van der Waals surface area contributed by atoms with Gasteiger partial charge in [-0.15, -0.1) is 0 Å². The minimum Gasteiger partial charge on any atom is -0.325 e. The Bertz CT molecular complexity index is 889. The number of halogens is 1. The molecule has 0 aliphatic carbocycles. The van der Waals surface area contributed by atoms with Crippen molar-refractivity contribution < 1.29 is 13.2 Å². The molecule has 8 heteroatoms. The van der Waals surface area contributed by atoms with Crippen molar-refractivity contribution in [2.24, 2.45) is 0 Å². The van der Waals surface area contributed by atoms with Crippen molar-refractivity contribution >= 4 is 38.9 Å². The Hall–Kier alpha value is -2.09. The highest BCUT2D eigenvalue weighted by Gasteiger charge is 2.26. The second-order valence-electron chi connectivity index (χ2n) is 6.23. The maximum absolute atomic E-state index is 13.2. The Balaban J connectivity index is 2.23. The second-order valence-corrected chi connectivity index (χ2v) is 8.47. The van der Waals surface area contributed by atoms with Crippen LogP contribution >= 0.6 is 11.6 Å². The topological polar surface area (TPSA) is 78.5 Å². The van der Waals surface area contributed by atoms with Gasteiger partial charge in [-0.05, 0) is 50.2 Å². The van der Waals surface area contributed by atoms with Crippen molar-refractivity contribution in [3.63, 3.8) is 0 Å². The van der Waals surface area contributed by atoms with E-state index >= 15 is 0 Å². The minimum atomic E-state index is -3.88. The third-order valence-corrected chi connectivity index (χ3v) is 6.49. The molecule has 0 radical (unpaired) electrons. The molecular formula is C20H26ClN3O3S. The standard InChI is InChI=1S/C20H26ClN3O3S/c1-3-5-13-22-15-20(25)23-16-11-12-18(21)19(14-16)28(26,27)24(4-2)17-9-7-6-8-10-17/h6-12,14,22H,3-5,13,15H2,1-2H3,(H,23,25). The van der Waals surface area contributed by atoms with E-state index in [2.05, 4.69) is 17.6 Å². The summed E-state index contributed by atoms with van der Waals surface area (Å²) in [4.78, 5) is 12.0. The number of anilines is 2. The van der Waals surface area contributed by atoms with Crippen molar-refractivity contribution in [1.82, 2.24) is 5.32 Å². The number of unbranched alkanes of at least 4 members (excludes halogenated alkanes) is 1. The number of nitrogens with one attached hydrogen (secondary N) is 2.